The Labute approximate surface area is 119 Å². The van der Waals surface area contributed by atoms with E-state index >= 15 is 0 Å². The Bertz CT molecular complexity index is 618. The molecule has 5 nitrogen and oxygen atoms in total. The number of para-hydroxylation sites is 1. The van der Waals surface area contributed by atoms with Gasteiger partial charge in [-0.2, -0.15) is 0 Å². The van der Waals surface area contributed by atoms with Crippen LogP contribution >= 0.6 is 0 Å². The number of hydrogen-bond acceptors (Lipinski definition) is 3. The van der Waals surface area contributed by atoms with Crippen molar-refractivity contribution < 1.29 is 18.3 Å². The highest BCUT2D eigenvalue weighted by molar-refractivity contribution is 7.92. The van der Waals surface area contributed by atoms with Gasteiger partial charge in [0.05, 0.1) is 17.4 Å². The first kappa shape index (κ1) is 14.8. The van der Waals surface area contributed by atoms with Crippen LogP contribution in [-0.4, -0.2) is 32.8 Å². The van der Waals surface area contributed by atoms with E-state index in [9.17, 15) is 18.3 Å². The number of rotatable bonds is 4. The lowest BCUT2D eigenvalue weighted by Gasteiger charge is -2.30. The van der Waals surface area contributed by atoms with Crippen molar-refractivity contribution in [2.45, 2.75) is 31.1 Å². The molecule has 0 unspecified atom stereocenters. The minimum absolute atomic E-state index is 0.458. The smallest absolute Gasteiger partial charge is 0.314 e. The van der Waals surface area contributed by atoms with E-state index < -0.39 is 21.4 Å². The summed E-state index contributed by atoms with van der Waals surface area (Å²) in [7, 11) is -1.96. The number of aliphatic carboxylic acids is 1. The average Bonchev–Trinajstić information content (AvgIpc) is 2.87. The van der Waals surface area contributed by atoms with Gasteiger partial charge < -0.3 is 5.11 Å². The van der Waals surface area contributed by atoms with E-state index in [0.29, 0.717) is 24.1 Å². The van der Waals surface area contributed by atoms with Gasteiger partial charge in [-0.3, -0.25) is 9.10 Å². The molecule has 0 aromatic heterocycles. The van der Waals surface area contributed by atoms with Crippen molar-refractivity contribution in [3.05, 3.63) is 29.8 Å². The minimum Gasteiger partial charge on any atom is -0.481 e. The maximum absolute atomic E-state index is 11.8. The van der Waals surface area contributed by atoms with Gasteiger partial charge in [0, 0.05) is 7.05 Å². The third kappa shape index (κ3) is 2.40. The molecule has 0 bridgehead atoms. The predicted octanol–water partition coefficient (Wildman–Crippen LogP) is 1.98. The Morgan fingerprint density at radius 2 is 1.80 bits per heavy atom. The molecule has 0 radical (unpaired) electrons. The maximum atomic E-state index is 11.8. The van der Waals surface area contributed by atoms with Crippen molar-refractivity contribution in [2.75, 3.05) is 17.6 Å². The van der Waals surface area contributed by atoms with Gasteiger partial charge in [-0.25, -0.2) is 8.42 Å². The Morgan fingerprint density at radius 3 is 2.30 bits per heavy atom. The van der Waals surface area contributed by atoms with E-state index in [4.69, 9.17) is 0 Å². The first-order valence-corrected chi connectivity index (χ1v) is 8.41. The number of carboxylic acid groups (broad SMARTS) is 1. The molecule has 0 spiro atoms. The van der Waals surface area contributed by atoms with Crippen LogP contribution in [0.25, 0.3) is 0 Å². The molecular formula is C14H19NO4S. The molecule has 110 valence electrons. The number of anilines is 1. The lowest BCUT2D eigenvalue weighted by atomic mass is 9.78. The highest BCUT2D eigenvalue weighted by Gasteiger charge is 2.45. The standard InChI is InChI=1S/C14H19NO4S/c1-15(20(2,18)19)12-8-4-3-7-11(12)14(13(16)17)9-5-6-10-14/h3-4,7-8H,5-6,9-10H2,1-2H3,(H,16,17). The van der Waals surface area contributed by atoms with E-state index in [1.165, 1.54) is 7.05 Å². The van der Waals surface area contributed by atoms with Crippen LogP contribution in [0.1, 0.15) is 31.2 Å². The third-order valence-electron chi connectivity index (χ3n) is 4.12. The van der Waals surface area contributed by atoms with Crippen LogP contribution in [0, 0.1) is 0 Å². The summed E-state index contributed by atoms with van der Waals surface area (Å²) >= 11 is 0. The molecule has 1 aliphatic rings. The molecule has 1 fully saturated rings. The first-order chi connectivity index (χ1) is 9.29. The maximum Gasteiger partial charge on any atom is 0.314 e. The van der Waals surface area contributed by atoms with E-state index in [1.54, 1.807) is 24.3 Å². The summed E-state index contributed by atoms with van der Waals surface area (Å²) in [5.41, 5.74) is 0.0902. The van der Waals surface area contributed by atoms with Gasteiger partial charge >= 0.3 is 5.97 Å². The monoisotopic (exact) mass is 297 g/mol. The molecule has 1 aliphatic carbocycles. The lowest BCUT2D eigenvalue weighted by Crippen LogP contribution is -2.36. The summed E-state index contributed by atoms with van der Waals surface area (Å²) in [4.78, 5) is 11.8. The van der Waals surface area contributed by atoms with Crippen molar-refractivity contribution in [1.82, 2.24) is 0 Å². The fourth-order valence-electron chi connectivity index (χ4n) is 2.91. The van der Waals surface area contributed by atoms with E-state index in [2.05, 4.69) is 0 Å². The molecule has 1 aromatic rings. The quantitative estimate of drug-likeness (QED) is 0.922. The van der Waals surface area contributed by atoms with Gasteiger partial charge in [-0.05, 0) is 24.5 Å². The second-order valence-electron chi connectivity index (χ2n) is 5.34. The van der Waals surface area contributed by atoms with Crippen LogP contribution < -0.4 is 4.31 Å². The number of carboxylic acids is 1. The first-order valence-electron chi connectivity index (χ1n) is 6.56. The Hall–Kier alpha value is -1.56. The normalized spacial score (nSPS) is 17.9. The van der Waals surface area contributed by atoms with Crippen LogP contribution in [0.5, 0.6) is 0 Å². The molecule has 0 saturated heterocycles. The van der Waals surface area contributed by atoms with Crippen molar-refractivity contribution in [1.29, 1.82) is 0 Å². The Balaban J connectivity index is 2.61. The van der Waals surface area contributed by atoms with Gasteiger partial charge in [0.25, 0.3) is 0 Å². The summed E-state index contributed by atoms with van der Waals surface area (Å²) in [6.45, 7) is 0. The molecular weight excluding hydrogens is 278 g/mol. The molecule has 1 saturated carbocycles. The van der Waals surface area contributed by atoms with Gasteiger partial charge in [-0.15, -0.1) is 0 Å². The van der Waals surface area contributed by atoms with Crippen molar-refractivity contribution >= 4 is 21.7 Å². The molecule has 0 heterocycles. The lowest BCUT2D eigenvalue weighted by molar-refractivity contribution is -0.143. The zero-order valence-corrected chi connectivity index (χ0v) is 12.5. The molecule has 1 aromatic carbocycles. The predicted molar refractivity (Wildman–Crippen MR) is 77.5 cm³/mol. The van der Waals surface area contributed by atoms with Crippen molar-refractivity contribution in [3.63, 3.8) is 0 Å². The minimum atomic E-state index is -3.42. The number of benzene rings is 1. The topological polar surface area (TPSA) is 74.7 Å². The highest BCUT2D eigenvalue weighted by Crippen LogP contribution is 2.45. The third-order valence-corrected chi connectivity index (χ3v) is 5.31. The molecule has 20 heavy (non-hydrogen) atoms. The van der Waals surface area contributed by atoms with Crippen LogP contribution in [0.2, 0.25) is 0 Å². The number of hydrogen-bond donors (Lipinski definition) is 1. The van der Waals surface area contributed by atoms with Gasteiger partial charge in [0.15, 0.2) is 0 Å². The zero-order chi connectivity index (χ0) is 15.0. The summed E-state index contributed by atoms with van der Waals surface area (Å²) in [6.07, 6.45) is 3.92. The second kappa shape index (κ2) is 5.09. The van der Waals surface area contributed by atoms with Gasteiger partial charge in [-0.1, -0.05) is 31.0 Å². The van der Waals surface area contributed by atoms with Crippen molar-refractivity contribution in [2.24, 2.45) is 0 Å². The summed E-state index contributed by atoms with van der Waals surface area (Å²) < 4.78 is 24.7. The molecule has 1 N–H and O–H groups in total. The Kier molecular flexibility index (Phi) is 3.77. The van der Waals surface area contributed by atoms with Crippen LogP contribution in [0.15, 0.2) is 24.3 Å². The molecule has 0 atom stereocenters. The Morgan fingerprint density at radius 1 is 1.25 bits per heavy atom. The largest absolute Gasteiger partial charge is 0.481 e. The average molecular weight is 297 g/mol. The van der Waals surface area contributed by atoms with Gasteiger partial charge in [0.1, 0.15) is 0 Å². The zero-order valence-electron chi connectivity index (χ0n) is 11.7. The summed E-state index contributed by atoms with van der Waals surface area (Å²) in [6, 6.07) is 6.89. The van der Waals surface area contributed by atoms with Gasteiger partial charge in [0.2, 0.25) is 10.0 Å². The SMILES string of the molecule is CN(c1ccccc1C1(C(=O)O)CCCC1)S(C)(=O)=O. The van der Waals surface area contributed by atoms with Crippen LogP contribution in [0.3, 0.4) is 0 Å². The van der Waals surface area contributed by atoms with Crippen molar-refractivity contribution in [3.8, 4) is 0 Å². The molecule has 2 rings (SSSR count). The van der Waals surface area contributed by atoms with E-state index in [1.807, 2.05) is 0 Å². The van der Waals surface area contributed by atoms with E-state index in [-0.39, 0.29) is 0 Å². The summed E-state index contributed by atoms with van der Waals surface area (Å²) in [5, 5.41) is 9.66. The van der Waals surface area contributed by atoms with Crippen LogP contribution in [0.4, 0.5) is 5.69 Å². The van der Waals surface area contributed by atoms with E-state index in [0.717, 1.165) is 23.4 Å². The summed E-state index contributed by atoms with van der Waals surface area (Å²) in [5.74, 6) is -0.871. The van der Waals surface area contributed by atoms with Crippen LogP contribution in [-0.2, 0) is 20.2 Å². The second-order valence-corrected chi connectivity index (χ2v) is 7.36. The molecule has 6 heteroatoms. The highest BCUT2D eigenvalue weighted by atomic mass is 32.2. The number of nitrogens with zero attached hydrogens (tertiary/aromatic N) is 1. The number of sulfonamides is 1. The molecule has 0 aliphatic heterocycles. The fraction of sp³-hybridized carbons (Fsp3) is 0.500. The number of carbonyl (C=O) groups is 1. The molecule has 0 amide bonds. The fourth-order valence-corrected chi connectivity index (χ4v) is 3.43.